The van der Waals surface area contributed by atoms with E-state index >= 15 is 0 Å². The summed E-state index contributed by atoms with van der Waals surface area (Å²) in [7, 11) is -2.32. The number of carbonyl (C=O) groups is 1. The van der Waals surface area contributed by atoms with Crippen LogP contribution in [-0.4, -0.2) is 28.0 Å². The van der Waals surface area contributed by atoms with Crippen molar-refractivity contribution in [3.05, 3.63) is 83.7 Å². The molecule has 4 rings (SSSR count). The maximum absolute atomic E-state index is 13.3. The van der Waals surface area contributed by atoms with E-state index in [0.29, 0.717) is 23.5 Å². The molecule has 0 bridgehead atoms. The number of nitrogens with one attached hydrogen (secondary N) is 1. The van der Waals surface area contributed by atoms with Gasteiger partial charge in [-0.1, -0.05) is 12.1 Å². The van der Waals surface area contributed by atoms with E-state index in [1.807, 2.05) is 6.07 Å². The number of anilines is 2. The van der Waals surface area contributed by atoms with Crippen LogP contribution in [0.15, 0.2) is 71.6 Å². The molecule has 6 nitrogen and oxygen atoms in total. The fourth-order valence-corrected chi connectivity index (χ4v) is 4.96. The molecule has 3 aromatic carbocycles. The number of amides is 1. The van der Waals surface area contributed by atoms with Gasteiger partial charge in [0.05, 0.1) is 23.4 Å². The lowest BCUT2D eigenvalue weighted by Crippen LogP contribution is -2.30. The van der Waals surface area contributed by atoms with Crippen molar-refractivity contribution in [3.63, 3.8) is 0 Å². The molecule has 30 heavy (non-hydrogen) atoms. The first-order chi connectivity index (χ1) is 14.4. The van der Waals surface area contributed by atoms with Crippen molar-refractivity contribution in [1.29, 1.82) is 0 Å². The van der Waals surface area contributed by atoms with Crippen molar-refractivity contribution in [2.24, 2.45) is 0 Å². The number of fused-ring (bicyclic) bond motifs is 1. The fourth-order valence-electron chi connectivity index (χ4n) is 3.43. The predicted molar refractivity (Wildman–Crippen MR) is 112 cm³/mol. The SMILES string of the molecule is COc1ccc(S(=O)(=O)N2CCc3cccc(NC(=O)c4ccc(F)cc4)c32)cc1. The van der Waals surface area contributed by atoms with Crippen LogP contribution < -0.4 is 14.4 Å². The molecule has 1 N–H and O–H groups in total. The van der Waals surface area contributed by atoms with Gasteiger partial charge in [-0.2, -0.15) is 0 Å². The van der Waals surface area contributed by atoms with Crippen molar-refractivity contribution in [2.45, 2.75) is 11.3 Å². The van der Waals surface area contributed by atoms with Crippen molar-refractivity contribution in [3.8, 4) is 5.75 Å². The van der Waals surface area contributed by atoms with E-state index in [9.17, 15) is 17.6 Å². The minimum atomic E-state index is -3.83. The molecule has 0 spiro atoms. The monoisotopic (exact) mass is 426 g/mol. The number of rotatable bonds is 5. The molecular weight excluding hydrogens is 407 g/mol. The van der Waals surface area contributed by atoms with Crippen LogP contribution in [0.1, 0.15) is 15.9 Å². The highest BCUT2D eigenvalue weighted by Gasteiger charge is 2.33. The maximum Gasteiger partial charge on any atom is 0.264 e. The van der Waals surface area contributed by atoms with E-state index in [-0.39, 0.29) is 17.0 Å². The number of methoxy groups -OCH3 is 1. The van der Waals surface area contributed by atoms with Crippen LogP contribution in [0.4, 0.5) is 15.8 Å². The normalized spacial score (nSPS) is 13.1. The smallest absolute Gasteiger partial charge is 0.264 e. The Balaban J connectivity index is 1.68. The number of benzene rings is 3. The molecule has 154 valence electrons. The van der Waals surface area contributed by atoms with Gasteiger partial charge in [-0.25, -0.2) is 12.8 Å². The Bertz CT molecular complexity index is 1190. The van der Waals surface area contributed by atoms with Crippen LogP contribution in [0.2, 0.25) is 0 Å². The second-order valence-electron chi connectivity index (χ2n) is 6.78. The second-order valence-corrected chi connectivity index (χ2v) is 8.64. The molecule has 0 aromatic heterocycles. The van der Waals surface area contributed by atoms with Crippen LogP contribution in [-0.2, 0) is 16.4 Å². The summed E-state index contributed by atoms with van der Waals surface area (Å²) in [6.07, 6.45) is 0.533. The molecule has 0 atom stereocenters. The maximum atomic E-state index is 13.3. The highest BCUT2D eigenvalue weighted by molar-refractivity contribution is 7.92. The van der Waals surface area contributed by atoms with Gasteiger partial charge in [0.25, 0.3) is 15.9 Å². The average molecular weight is 426 g/mol. The zero-order chi connectivity index (χ0) is 21.3. The number of carbonyl (C=O) groups excluding carboxylic acids is 1. The Morgan fingerprint density at radius 3 is 2.40 bits per heavy atom. The van der Waals surface area contributed by atoms with Crippen molar-refractivity contribution < 1.29 is 22.3 Å². The van der Waals surface area contributed by atoms with Gasteiger partial charge >= 0.3 is 0 Å². The summed E-state index contributed by atoms with van der Waals surface area (Å²) in [4.78, 5) is 12.7. The minimum Gasteiger partial charge on any atom is -0.497 e. The molecule has 1 aliphatic rings. The Morgan fingerprint density at radius 2 is 1.73 bits per heavy atom. The summed E-state index contributed by atoms with van der Waals surface area (Å²) in [6.45, 7) is 0.271. The van der Waals surface area contributed by atoms with Crippen LogP contribution in [0, 0.1) is 5.82 Å². The average Bonchev–Trinajstić information content (AvgIpc) is 3.20. The lowest BCUT2D eigenvalue weighted by Gasteiger charge is -2.22. The standard InChI is InChI=1S/C22H19FN2O4S/c1-29-18-9-11-19(12-10-18)30(27,28)25-14-13-15-3-2-4-20(21(15)25)24-22(26)16-5-7-17(23)8-6-16/h2-12H,13-14H2,1H3,(H,24,26). The number of para-hydroxylation sites is 1. The van der Waals surface area contributed by atoms with Gasteiger partial charge in [-0.3, -0.25) is 9.10 Å². The first-order valence-electron chi connectivity index (χ1n) is 9.26. The molecule has 0 fully saturated rings. The molecule has 8 heteroatoms. The Kier molecular flexibility index (Phi) is 5.17. The molecule has 3 aromatic rings. The fraction of sp³-hybridized carbons (Fsp3) is 0.136. The van der Waals surface area contributed by atoms with Gasteiger partial charge in [-0.05, 0) is 66.6 Å². The molecule has 1 amide bonds. The summed E-state index contributed by atoms with van der Waals surface area (Å²) >= 11 is 0. The molecule has 0 unspecified atom stereocenters. The van der Waals surface area contributed by atoms with Gasteiger partial charge < -0.3 is 10.1 Å². The Morgan fingerprint density at radius 1 is 1.03 bits per heavy atom. The van der Waals surface area contributed by atoms with E-state index in [0.717, 1.165) is 5.56 Å². The minimum absolute atomic E-state index is 0.135. The first-order valence-corrected chi connectivity index (χ1v) is 10.7. The van der Waals surface area contributed by atoms with Crippen LogP contribution >= 0.6 is 0 Å². The number of ether oxygens (including phenoxy) is 1. The number of nitrogens with zero attached hydrogens (tertiary/aromatic N) is 1. The lowest BCUT2D eigenvalue weighted by atomic mass is 10.1. The molecule has 0 aliphatic carbocycles. The topological polar surface area (TPSA) is 75.7 Å². The van der Waals surface area contributed by atoms with Gasteiger partial charge in [0.15, 0.2) is 0 Å². The third kappa shape index (κ3) is 3.61. The lowest BCUT2D eigenvalue weighted by molar-refractivity contribution is 0.102. The quantitative estimate of drug-likeness (QED) is 0.673. The molecule has 1 heterocycles. The number of hydrogen-bond donors (Lipinski definition) is 1. The first kappa shape index (κ1) is 19.9. The summed E-state index contributed by atoms with van der Waals surface area (Å²) in [5.41, 5.74) is 1.93. The largest absolute Gasteiger partial charge is 0.497 e. The number of sulfonamides is 1. The van der Waals surface area contributed by atoms with Crippen molar-refractivity contribution in [2.75, 3.05) is 23.3 Å². The van der Waals surface area contributed by atoms with Gasteiger partial charge in [0.2, 0.25) is 0 Å². The highest BCUT2D eigenvalue weighted by Crippen LogP contribution is 2.39. The van der Waals surface area contributed by atoms with Crippen LogP contribution in [0.25, 0.3) is 0 Å². The van der Waals surface area contributed by atoms with Crippen LogP contribution in [0.3, 0.4) is 0 Å². The van der Waals surface area contributed by atoms with Gasteiger partial charge in [0.1, 0.15) is 11.6 Å². The van der Waals surface area contributed by atoms with Gasteiger partial charge in [0, 0.05) is 12.1 Å². The molecule has 1 aliphatic heterocycles. The van der Waals surface area contributed by atoms with E-state index in [1.165, 1.54) is 47.8 Å². The summed E-state index contributed by atoms with van der Waals surface area (Å²) < 4.78 is 46.1. The zero-order valence-electron chi connectivity index (χ0n) is 16.1. The Hall–Kier alpha value is -3.39. The molecule has 0 radical (unpaired) electrons. The van der Waals surface area contributed by atoms with Crippen LogP contribution in [0.5, 0.6) is 5.75 Å². The number of hydrogen-bond acceptors (Lipinski definition) is 4. The van der Waals surface area contributed by atoms with E-state index in [4.69, 9.17) is 4.74 Å². The van der Waals surface area contributed by atoms with Crippen molar-refractivity contribution in [1.82, 2.24) is 0 Å². The third-order valence-electron chi connectivity index (χ3n) is 4.96. The predicted octanol–water partition coefficient (Wildman–Crippen LogP) is 3.84. The van der Waals surface area contributed by atoms with E-state index < -0.39 is 21.7 Å². The van der Waals surface area contributed by atoms with Gasteiger partial charge in [-0.15, -0.1) is 0 Å². The third-order valence-corrected chi connectivity index (χ3v) is 6.77. The molecule has 0 saturated carbocycles. The summed E-state index contributed by atoms with van der Waals surface area (Å²) in [5.74, 6) is -0.330. The zero-order valence-corrected chi connectivity index (χ0v) is 16.9. The number of halogens is 1. The summed E-state index contributed by atoms with van der Waals surface area (Å²) in [6, 6.07) is 16.6. The highest BCUT2D eigenvalue weighted by atomic mass is 32.2. The Labute approximate surface area is 174 Å². The molecule has 0 saturated heterocycles. The second kappa shape index (κ2) is 7.79. The van der Waals surface area contributed by atoms with E-state index in [1.54, 1.807) is 24.3 Å². The van der Waals surface area contributed by atoms with E-state index in [2.05, 4.69) is 5.32 Å². The molecular formula is C22H19FN2O4S. The van der Waals surface area contributed by atoms with Crippen molar-refractivity contribution >= 4 is 27.3 Å². The summed E-state index contributed by atoms with van der Waals surface area (Å²) in [5, 5.41) is 2.76.